The molecule has 1 atom stereocenters. The minimum atomic E-state index is 0. The number of halogens is 1. The maximum atomic E-state index is 5.40. The summed E-state index contributed by atoms with van der Waals surface area (Å²) in [4.78, 5) is 6.51. The molecule has 1 fully saturated rings. The molecule has 1 N–H and O–H groups in total. The lowest BCUT2D eigenvalue weighted by molar-refractivity contribution is 0.186. The van der Waals surface area contributed by atoms with Crippen LogP contribution in [-0.4, -0.2) is 44.7 Å². The van der Waals surface area contributed by atoms with Crippen molar-refractivity contribution in [2.24, 2.45) is 10.9 Å². The molecule has 1 aliphatic rings. The van der Waals surface area contributed by atoms with E-state index in [0.717, 1.165) is 38.7 Å². The zero-order valence-electron chi connectivity index (χ0n) is 13.1. The summed E-state index contributed by atoms with van der Waals surface area (Å²) in [6, 6.07) is 8.64. The molecule has 0 amide bonds. The van der Waals surface area contributed by atoms with Gasteiger partial charge in [-0.25, -0.2) is 0 Å². The first-order valence-electron chi connectivity index (χ1n) is 7.24. The van der Waals surface area contributed by atoms with Crippen molar-refractivity contribution < 1.29 is 4.74 Å². The lowest BCUT2D eigenvalue weighted by Gasteiger charge is -2.23. The SMILES string of the molecule is CN=C(NCC1CCOC1)N(C)Cc1ccc(C)cc1.I. The molecule has 5 heteroatoms. The van der Waals surface area contributed by atoms with Gasteiger partial charge in [0.15, 0.2) is 5.96 Å². The molecule has 0 aromatic heterocycles. The number of nitrogens with zero attached hydrogens (tertiary/aromatic N) is 2. The molecule has 0 radical (unpaired) electrons. The molecule has 118 valence electrons. The molecule has 0 spiro atoms. The normalized spacial score (nSPS) is 18.2. The van der Waals surface area contributed by atoms with Crippen LogP contribution in [0.15, 0.2) is 29.3 Å². The fourth-order valence-corrected chi connectivity index (χ4v) is 2.41. The van der Waals surface area contributed by atoms with Crippen molar-refractivity contribution in [2.45, 2.75) is 19.9 Å². The summed E-state index contributed by atoms with van der Waals surface area (Å²) in [5.41, 5.74) is 2.59. The number of ether oxygens (including phenoxy) is 1. The summed E-state index contributed by atoms with van der Waals surface area (Å²) in [6.45, 7) is 5.67. The van der Waals surface area contributed by atoms with Crippen LogP contribution in [0, 0.1) is 12.8 Å². The average Bonchev–Trinajstić information content (AvgIpc) is 2.95. The van der Waals surface area contributed by atoms with Crippen molar-refractivity contribution in [1.29, 1.82) is 0 Å². The molecule has 1 aromatic rings. The summed E-state index contributed by atoms with van der Waals surface area (Å²) >= 11 is 0. The van der Waals surface area contributed by atoms with Crippen molar-refractivity contribution in [3.8, 4) is 0 Å². The maximum Gasteiger partial charge on any atom is 0.193 e. The Bertz CT molecular complexity index is 441. The van der Waals surface area contributed by atoms with Crippen LogP contribution < -0.4 is 5.32 Å². The predicted molar refractivity (Wildman–Crippen MR) is 98.3 cm³/mol. The molecular formula is C16H26IN3O. The van der Waals surface area contributed by atoms with Gasteiger partial charge in [0.05, 0.1) is 6.61 Å². The highest BCUT2D eigenvalue weighted by molar-refractivity contribution is 14.0. The summed E-state index contributed by atoms with van der Waals surface area (Å²) < 4.78 is 5.40. The number of nitrogens with one attached hydrogen (secondary N) is 1. The van der Waals surface area contributed by atoms with E-state index in [9.17, 15) is 0 Å². The lowest BCUT2D eigenvalue weighted by atomic mass is 10.1. The van der Waals surface area contributed by atoms with E-state index in [-0.39, 0.29) is 24.0 Å². The highest BCUT2D eigenvalue weighted by Gasteiger charge is 2.16. The number of hydrogen-bond donors (Lipinski definition) is 1. The van der Waals surface area contributed by atoms with Crippen LogP contribution in [0.4, 0.5) is 0 Å². The summed E-state index contributed by atoms with van der Waals surface area (Å²) in [7, 11) is 3.90. The number of rotatable bonds is 4. The number of aryl methyl sites for hydroxylation is 1. The third-order valence-electron chi connectivity index (χ3n) is 3.69. The molecule has 0 bridgehead atoms. The quantitative estimate of drug-likeness (QED) is 0.477. The predicted octanol–water partition coefficient (Wildman–Crippen LogP) is 2.66. The molecule has 1 aliphatic heterocycles. The highest BCUT2D eigenvalue weighted by atomic mass is 127. The second-order valence-corrected chi connectivity index (χ2v) is 5.50. The van der Waals surface area contributed by atoms with Gasteiger partial charge in [0, 0.05) is 39.7 Å². The van der Waals surface area contributed by atoms with Gasteiger partial charge >= 0.3 is 0 Å². The monoisotopic (exact) mass is 403 g/mol. The Labute approximate surface area is 145 Å². The van der Waals surface area contributed by atoms with Crippen LogP contribution in [0.3, 0.4) is 0 Å². The summed E-state index contributed by atoms with van der Waals surface area (Å²) in [5, 5.41) is 3.44. The Balaban J connectivity index is 0.00000220. The van der Waals surface area contributed by atoms with E-state index in [0.29, 0.717) is 5.92 Å². The topological polar surface area (TPSA) is 36.9 Å². The molecular weight excluding hydrogens is 377 g/mol. The molecule has 1 aromatic carbocycles. The van der Waals surface area contributed by atoms with E-state index in [4.69, 9.17) is 4.74 Å². The van der Waals surface area contributed by atoms with Crippen LogP contribution in [0.5, 0.6) is 0 Å². The van der Waals surface area contributed by atoms with Crippen molar-refractivity contribution in [3.05, 3.63) is 35.4 Å². The third-order valence-corrected chi connectivity index (χ3v) is 3.69. The number of hydrogen-bond acceptors (Lipinski definition) is 2. The van der Waals surface area contributed by atoms with E-state index in [2.05, 4.69) is 53.4 Å². The van der Waals surface area contributed by atoms with E-state index in [1.807, 2.05) is 7.05 Å². The van der Waals surface area contributed by atoms with E-state index >= 15 is 0 Å². The molecule has 1 saturated heterocycles. The zero-order chi connectivity index (χ0) is 14.4. The molecule has 0 saturated carbocycles. The summed E-state index contributed by atoms with van der Waals surface area (Å²) in [5.74, 6) is 1.55. The molecule has 1 heterocycles. The zero-order valence-corrected chi connectivity index (χ0v) is 15.5. The van der Waals surface area contributed by atoms with Crippen LogP contribution in [-0.2, 0) is 11.3 Å². The van der Waals surface area contributed by atoms with Crippen LogP contribution in [0.2, 0.25) is 0 Å². The van der Waals surface area contributed by atoms with Gasteiger partial charge in [-0.2, -0.15) is 0 Å². The Morgan fingerprint density at radius 1 is 1.38 bits per heavy atom. The highest BCUT2D eigenvalue weighted by Crippen LogP contribution is 2.11. The third kappa shape index (κ3) is 5.82. The molecule has 0 aliphatic carbocycles. The van der Waals surface area contributed by atoms with E-state index in [1.54, 1.807) is 0 Å². The minimum absolute atomic E-state index is 0. The Morgan fingerprint density at radius 3 is 2.67 bits per heavy atom. The van der Waals surface area contributed by atoms with Gasteiger partial charge < -0.3 is 15.0 Å². The van der Waals surface area contributed by atoms with Crippen molar-refractivity contribution >= 4 is 29.9 Å². The largest absolute Gasteiger partial charge is 0.381 e. The number of aliphatic imine (C=N–C) groups is 1. The van der Waals surface area contributed by atoms with Crippen molar-refractivity contribution in [3.63, 3.8) is 0 Å². The Hall–Kier alpha value is -0.820. The Morgan fingerprint density at radius 2 is 2.10 bits per heavy atom. The van der Waals surface area contributed by atoms with Gasteiger partial charge in [0.25, 0.3) is 0 Å². The van der Waals surface area contributed by atoms with Crippen LogP contribution in [0.1, 0.15) is 17.5 Å². The smallest absolute Gasteiger partial charge is 0.193 e. The van der Waals surface area contributed by atoms with Gasteiger partial charge in [-0.15, -0.1) is 24.0 Å². The average molecular weight is 403 g/mol. The van der Waals surface area contributed by atoms with Crippen molar-refractivity contribution in [2.75, 3.05) is 33.9 Å². The maximum absolute atomic E-state index is 5.40. The van der Waals surface area contributed by atoms with Gasteiger partial charge in [0.1, 0.15) is 0 Å². The Kier molecular flexibility index (Phi) is 8.03. The number of benzene rings is 1. The minimum Gasteiger partial charge on any atom is -0.381 e. The van der Waals surface area contributed by atoms with Gasteiger partial charge in [-0.05, 0) is 18.9 Å². The molecule has 4 nitrogen and oxygen atoms in total. The van der Waals surface area contributed by atoms with E-state index < -0.39 is 0 Å². The van der Waals surface area contributed by atoms with Crippen LogP contribution in [0.25, 0.3) is 0 Å². The van der Waals surface area contributed by atoms with Gasteiger partial charge in [-0.3, -0.25) is 4.99 Å². The lowest BCUT2D eigenvalue weighted by Crippen LogP contribution is -2.40. The first kappa shape index (κ1) is 18.2. The molecule has 1 unspecified atom stereocenters. The standard InChI is InChI=1S/C16H25N3O.HI/c1-13-4-6-14(7-5-13)11-19(3)16(17-2)18-10-15-8-9-20-12-15;/h4-7,15H,8-12H2,1-3H3,(H,17,18);1H. The first-order valence-corrected chi connectivity index (χ1v) is 7.24. The summed E-state index contributed by atoms with van der Waals surface area (Å²) in [6.07, 6.45) is 1.14. The molecule has 21 heavy (non-hydrogen) atoms. The number of guanidine groups is 1. The first-order chi connectivity index (χ1) is 9.69. The fourth-order valence-electron chi connectivity index (χ4n) is 2.41. The molecule has 2 rings (SSSR count). The van der Waals surface area contributed by atoms with Gasteiger partial charge in [0.2, 0.25) is 0 Å². The second kappa shape index (κ2) is 9.25. The van der Waals surface area contributed by atoms with Gasteiger partial charge in [-0.1, -0.05) is 29.8 Å². The fraction of sp³-hybridized carbons (Fsp3) is 0.562. The van der Waals surface area contributed by atoms with E-state index in [1.165, 1.54) is 11.1 Å². The second-order valence-electron chi connectivity index (χ2n) is 5.50. The van der Waals surface area contributed by atoms with Crippen LogP contribution >= 0.6 is 24.0 Å². The van der Waals surface area contributed by atoms with Crippen molar-refractivity contribution in [1.82, 2.24) is 10.2 Å².